The van der Waals surface area contributed by atoms with Crippen LogP contribution in [0.3, 0.4) is 0 Å². The van der Waals surface area contributed by atoms with Crippen LogP contribution in [0, 0.1) is 5.82 Å². The van der Waals surface area contributed by atoms with Crippen molar-refractivity contribution in [2.24, 2.45) is 39.4 Å². The van der Waals surface area contributed by atoms with Crippen LogP contribution >= 0.6 is 0 Å². The zero-order valence-corrected chi connectivity index (χ0v) is 54.4. The second kappa shape index (κ2) is 58.2. The fraction of sp³-hybridized carbons (Fsp3) is 0.689. The monoisotopic (exact) mass is 1260 g/mol. The normalized spacial score (nSPS) is 16.2. The predicted molar refractivity (Wildman–Crippen MR) is 356 cm³/mol. The number of carbonyl (C=O) groups excluding carboxylic acids is 7. The van der Waals surface area contributed by atoms with Crippen LogP contribution in [0.2, 0.25) is 0 Å². The molecule has 28 heteroatoms. The number of unbranched alkanes of at least 4 members (excludes halogenated alkanes) is 1. The number of hydrogen-bond donors (Lipinski definition) is 14. The molecule has 4 saturated heterocycles. The average molecular weight is 1260 g/mol. The third-order valence-electron chi connectivity index (χ3n) is 13.1. The van der Waals surface area contributed by atoms with Gasteiger partial charge in [0.05, 0.1) is 30.7 Å². The Morgan fingerprint density at radius 3 is 1.46 bits per heavy atom. The van der Waals surface area contributed by atoms with Gasteiger partial charge in [-0.05, 0) is 154 Å². The van der Waals surface area contributed by atoms with Gasteiger partial charge in [0.1, 0.15) is 42.8 Å². The summed E-state index contributed by atoms with van der Waals surface area (Å²) in [6, 6.07) is 10.2. The maximum Gasteiger partial charge on any atom is 0.407 e. The first-order valence-corrected chi connectivity index (χ1v) is 31.3. The number of anilines is 2. The molecule has 2 amide bonds. The van der Waals surface area contributed by atoms with Gasteiger partial charge in [-0.15, -0.1) is 0 Å². The molecule has 510 valence electrons. The van der Waals surface area contributed by atoms with Crippen molar-refractivity contribution in [2.45, 2.75) is 134 Å². The molecule has 89 heavy (non-hydrogen) atoms. The van der Waals surface area contributed by atoms with E-state index in [0.29, 0.717) is 77.1 Å². The molecule has 4 atom stereocenters. The number of alkyl carbamates (subject to hydrolysis) is 1. The van der Waals surface area contributed by atoms with E-state index in [4.69, 9.17) is 39.1 Å². The third kappa shape index (κ3) is 53.4. The van der Waals surface area contributed by atoms with E-state index in [2.05, 4.69) is 79.3 Å². The van der Waals surface area contributed by atoms with Crippen LogP contribution in [-0.2, 0) is 33.5 Å². The minimum Gasteiger partial charge on any atom is -0.444 e. The van der Waals surface area contributed by atoms with Crippen LogP contribution in [0.15, 0.2) is 53.8 Å². The maximum absolute atomic E-state index is 12.6. The first-order chi connectivity index (χ1) is 42.7. The van der Waals surface area contributed by atoms with E-state index in [-0.39, 0.29) is 29.8 Å². The van der Waals surface area contributed by atoms with E-state index in [0.717, 1.165) is 115 Å². The molecule has 4 aliphatic rings. The van der Waals surface area contributed by atoms with E-state index in [1.807, 2.05) is 24.5 Å². The maximum atomic E-state index is 12.6. The molecule has 0 bridgehead atoms. The molecule has 1 aromatic heterocycles. The van der Waals surface area contributed by atoms with E-state index >= 15 is 0 Å². The fourth-order valence-electron chi connectivity index (χ4n) is 8.23. The number of pyridine rings is 1. The second-order valence-electron chi connectivity index (χ2n) is 22.0. The first-order valence-electron chi connectivity index (χ1n) is 31.3. The van der Waals surface area contributed by atoms with Gasteiger partial charge in [0, 0.05) is 142 Å². The smallest absolute Gasteiger partial charge is 0.407 e. The van der Waals surface area contributed by atoms with Crippen molar-refractivity contribution >= 4 is 60.8 Å². The number of aliphatic imine (C=N–C) groups is 1. The van der Waals surface area contributed by atoms with Gasteiger partial charge in [0.2, 0.25) is 5.91 Å². The number of nitrogens with one attached hydrogen (secondary N) is 8. The summed E-state index contributed by atoms with van der Waals surface area (Å²) in [4.78, 5) is 86.1. The van der Waals surface area contributed by atoms with Crippen LogP contribution in [0.4, 0.5) is 20.6 Å². The zero-order chi connectivity index (χ0) is 66.8. The van der Waals surface area contributed by atoms with Crippen molar-refractivity contribution in [1.82, 2.24) is 52.4 Å². The van der Waals surface area contributed by atoms with Gasteiger partial charge in [0.25, 0.3) is 0 Å². The lowest BCUT2D eigenvalue weighted by atomic mass is 10.0. The molecule has 2 aromatic rings. The van der Waals surface area contributed by atoms with Crippen molar-refractivity contribution in [3.8, 4) is 0 Å². The van der Waals surface area contributed by atoms with Gasteiger partial charge in [0.15, 0.2) is 5.96 Å². The SMILES string of the molecule is C1CC(N2CCNCC2)CCN1.CC(=O)NCCCCC(N)C=O.CC(C)(C)OC(=O)NCCCC(N)C=O.CN=C(N)NCCCC(N)C=O.CNCC=O.Fc1ccc(N2CCNCC2)cc1.NCCCC(N)C=O.c1cc(N2CCNCC2)ccn1. The number of carbonyl (C=O) groups is 7. The summed E-state index contributed by atoms with van der Waals surface area (Å²) in [7, 11) is 3.34. The van der Waals surface area contributed by atoms with Crippen molar-refractivity contribution in [3.05, 3.63) is 54.6 Å². The first kappa shape index (κ1) is 84.9. The van der Waals surface area contributed by atoms with Crippen LogP contribution in [-0.4, -0.2) is 234 Å². The molecule has 4 unspecified atom stereocenters. The number of nitrogens with two attached hydrogens (primary N) is 6. The van der Waals surface area contributed by atoms with Gasteiger partial charge in [-0.2, -0.15) is 0 Å². The van der Waals surface area contributed by atoms with Gasteiger partial charge < -0.3 is 115 Å². The summed E-state index contributed by atoms with van der Waals surface area (Å²) >= 11 is 0. The molecular formula is C61H116FN19O8. The number of piperazine rings is 3. The summed E-state index contributed by atoms with van der Waals surface area (Å²) in [5.41, 5.74) is 33.8. The highest BCUT2D eigenvalue weighted by Crippen LogP contribution is 2.15. The lowest BCUT2D eigenvalue weighted by molar-refractivity contribution is -0.119. The highest BCUT2D eigenvalue weighted by Gasteiger charge is 2.22. The number of rotatable bonds is 25. The Bertz CT molecular complexity index is 2050. The van der Waals surface area contributed by atoms with Crippen molar-refractivity contribution in [3.63, 3.8) is 0 Å². The Kier molecular flexibility index (Phi) is 55.5. The second-order valence-corrected chi connectivity index (χ2v) is 22.0. The predicted octanol–water partition coefficient (Wildman–Crippen LogP) is -0.510. The Morgan fingerprint density at radius 2 is 1.06 bits per heavy atom. The average Bonchev–Trinajstić information content (AvgIpc) is 3.62. The fourth-order valence-corrected chi connectivity index (χ4v) is 8.23. The Morgan fingerprint density at radius 1 is 0.640 bits per heavy atom. The van der Waals surface area contributed by atoms with E-state index in [1.54, 1.807) is 34.9 Å². The standard InChI is InChI=1S/C10H13FN2.C10H20N2O3.C9H19N3.C9H13N3.C8H16N2O2.C7H16N4O.C5H12N2O.C3H7NO/c11-9-1-3-10(4-2-9)13-7-5-12-6-8-13;1-10(2,3)15-9(14)12-6-4-5-8(11)7-13;2*1-3-10-4-2-9(1)12-7-5-11-6-8-12;1-7(12)10-5-3-2-4-8(9)6-11;1-10-7(9)11-4-2-3-6(8)5-12;6-3-1-2-5(7)4-8;1-4-2-3-5/h1-4,12H,5-8H2;7-8H,4-6,11H2,1-3H3,(H,12,14);9-11H,1-8H2;1-4,11H,5-8H2;6,8H,2-5,9H2,1H3,(H,10,12);5-6H,2-4,8H2,1H3,(H3,9,10,11);4-5H,1-3,6-7H2;3-4H,2H2,1H3. The number of nitrogens with zero attached hydrogens (tertiary/aromatic N) is 5. The van der Waals surface area contributed by atoms with Gasteiger partial charge >= 0.3 is 6.09 Å². The highest BCUT2D eigenvalue weighted by atomic mass is 19.1. The Balaban J connectivity index is 0. The molecule has 0 radical (unpaired) electrons. The minimum atomic E-state index is -0.483. The van der Waals surface area contributed by atoms with Crippen LogP contribution < -0.4 is 86.7 Å². The largest absolute Gasteiger partial charge is 0.444 e. The number of ether oxygens (including phenoxy) is 1. The minimum absolute atomic E-state index is 0.0188. The topological polar surface area (TPSA) is 416 Å². The van der Waals surface area contributed by atoms with Crippen molar-refractivity contribution in [2.75, 3.05) is 148 Å². The van der Waals surface area contributed by atoms with Crippen LogP contribution in [0.1, 0.15) is 98.3 Å². The molecule has 27 nitrogen and oxygen atoms in total. The lowest BCUT2D eigenvalue weighted by Crippen LogP contribution is -2.51. The number of hydrogen-bond acceptors (Lipinski definition) is 23. The number of guanidine groups is 1. The summed E-state index contributed by atoms with van der Waals surface area (Å²) < 4.78 is 17.6. The van der Waals surface area contributed by atoms with Crippen LogP contribution in [0.5, 0.6) is 0 Å². The quantitative estimate of drug-likeness (QED) is 0.0258. The number of piperidine rings is 1. The zero-order valence-electron chi connectivity index (χ0n) is 54.4. The third-order valence-corrected chi connectivity index (χ3v) is 13.1. The number of amides is 2. The molecule has 5 heterocycles. The lowest BCUT2D eigenvalue weighted by Gasteiger charge is -2.37. The Hall–Kier alpha value is -6.18. The van der Waals surface area contributed by atoms with Crippen LogP contribution in [0.25, 0.3) is 0 Å². The molecule has 0 saturated carbocycles. The molecule has 4 fully saturated rings. The Labute approximate surface area is 530 Å². The number of aromatic nitrogens is 1. The highest BCUT2D eigenvalue weighted by molar-refractivity contribution is 5.77. The molecule has 20 N–H and O–H groups in total. The molecule has 1 aromatic carbocycles. The number of benzene rings is 1. The molecule has 0 aliphatic carbocycles. The summed E-state index contributed by atoms with van der Waals surface area (Å²) in [5, 5.41) is 24.2. The summed E-state index contributed by atoms with van der Waals surface area (Å²) in [6.07, 6.45) is 16.4. The number of aldehydes is 5. The summed E-state index contributed by atoms with van der Waals surface area (Å²) in [5.74, 6) is 0.225. The van der Waals surface area contributed by atoms with Gasteiger partial charge in [-0.25, -0.2) is 9.18 Å². The number of likely N-dealkylation sites (N-methyl/N-ethyl adjacent to an activating group) is 1. The summed E-state index contributed by atoms with van der Waals surface area (Å²) in [6.45, 7) is 25.5. The van der Waals surface area contributed by atoms with E-state index in [1.165, 1.54) is 76.9 Å². The molecule has 4 aliphatic heterocycles. The number of halogens is 1. The van der Waals surface area contributed by atoms with Crippen molar-refractivity contribution < 1.29 is 42.7 Å². The molecular weight excluding hydrogens is 1150 g/mol. The van der Waals surface area contributed by atoms with Crippen molar-refractivity contribution in [1.29, 1.82) is 0 Å². The van der Waals surface area contributed by atoms with Gasteiger partial charge in [-0.1, -0.05) is 0 Å². The van der Waals surface area contributed by atoms with Gasteiger partial charge in [-0.3, -0.25) is 19.7 Å². The van der Waals surface area contributed by atoms with E-state index < -0.39 is 17.7 Å². The molecule has 6 rings (SSSR count). The molecule has 0 spiro atoms. The van der Waals surface area contributed by atoms with E-state index in [9.17, 15) is 38.0 Å².